The van der Waals surface area contributed by atoms with E-state index in [1.807, 2.05) is 42.8 Å². The van der Waals surface area contributed by atoms with Gasteiger partial charge in [-0.15, -0.1) is 10.2 Å². The molecule has 146 valence electrons. The number of carbonyl (C=O) groups excluding carboxylic acids is 1. The van der Waals surface area contributed by atoms with Crippen molar-refractivity contribution in [3.63, 3.8) is 0 Å². The van der Waals surface area contributed by atoms with Crippen molar-refractivity contribution < 1.29 is 13.9 Å². The number of hydrogen-bond donors (Lipinski definition) is 1. The number of hydrogen-bond acceptors (Lipinski definition) is 5. The van der Waals surface area contributed by atoms with Crippen LogP contribution in [0.1, 0.15) is 18.5 Å². The lowest BCUT2D eigenvalue weighted by Crippen LogP contribution is -2.28. The molecule has 0 aliphatic carbocycles. The van der Waals surface area contributed by atoms with E-state index in [0.29, 0.717) is 11.0 Å². The molecule has 1 amide bonds. The number of ether oxygens (including phenoxy) is 1. The van der Waals surface area contributed by atoms with Gasteiger partial charge in [-0.25, -0.2) is 4.39 Å². The van der Waals surface area contributed by atoms with Crippen LogP contribution in [-0.2, 0) is 11.8 Å². The minimum atomic E-state index is -0.298. The number of aromatic nitrogens is 3. The first-order chi connectivity index (χ1) is 13.5. The van der Waals surface area contributed by atoms with Gasteiger partial charge in [0.1, 0.15) is 11.6 Å². The van der Waals surface area contributed by atoms with Crippen LogP contribution in [-0.4, -0.2) is 33.5 Å². The van der Waals surface area contributed by atoms with Crippen molar-refractivity contribution in [2.75, 3.05) is 12.9 Å². The van der Waals surface area contributed by atoms with E-state index >= 15 is 0 Å². The van der Waals surface area contributed by atoms with Crippen molar-refractivity contribution in [3.8, 4) is 17.1 Å². The Morgan fingerprint density at radius 3 is 2.50 bits per heavy atom. The highest BCUT2D eigenvalue weighted by molar-refractivity contribution is 7.99. The smallest absolute Gasteiger partial charge is 0.230 e. The van der Waals surface area contributed by atoms with Crippen LogP contribution in [0, 0.1) is 5.82 Å². The summed E-state index contributed by atoms with van der Waals surface area (Å²) < 4.78 is 20.0. The van der Waals surface area contributed by atoms with Gasteiger partial charge in [0.05, 0.1) is 18.9 Å². The largest absolute Gasteiger partial charge is 0.497 e. The second-order valence-corrected chi connectivity index (χ2v) is 7.17. The Kier molecular flexibility index (Phi) is 6.30. The molecule has 3 aromatic rings. The summed E-state index contributed by atoms with van der Waals surface area (Å²) in [4.78, 5) is 12.2. The predicted molar refractivity (Wildman–Crippen MR) is 107 cm³/mol. The maximum Gasteiger partial charge on any atom is 0.230 e. The van der Waals surface area contributed by atoms with Crippen LogP contribution in [0.2, 0.25) is 0 Å². The number of nitrogens with zero attached hydrogens (tertiary/aromatic N) is 3. The molecule has 1 N–H and O–H groups in total. The van der Waals surface area contributed by atoms with E-state index in [0.717, 1.165) is 16.9 Å². The fourth-order valence-corrected chi connectivity index (χ4v) is 3.40. The van der Waals surface area contributed by atoms with E-state index in [1.165, 1.54) is 23.9 Å². The van der Waals surface area contributed by atoms with Crippen LogP contribution in [0.25, 0.3) is 11.4 Å². The molecule has 3 rings (SSSR count). The molecule has 0 saturated heterocycles. The summed E-state index contributed by atoms with van der Waals surface area (Å²) in [6.45, 7) is 1.86. The lowest BCUT2D eigenvalue weighted by molar-refractivity contribution is -0.119. The highest BCUT2D eigenvalue weighted by atomic mass is 32.2. The lowest BCUT2D eigenvalue weighted by Gasteiger charge is -2.14. The van der Waals surface area contributed by atoms with Crippen LogP contribution in [0.15, 0.2) is 53.7 Å². The number of methoxy groups -OCH3 is 1. The highest BCUT2D eigenvalue weighted by Gasteiger charge is 2.15. The van der Waals surface area contributed by atoms with Gasteiger partial charge in [0.25, 0.3) is 0 Å². The Morgan fingerprint density at radius 2 is 1.86 bits per heavy atom. The van der Waals surface area contributed by atoms with Crippen LogP contribution in [0.5, 0.6) is 5.75 Å². The van der Waals surface area contributed by atoms with Gasteiger partial charge in [0.2, 0.25) is 5.91 Å². The predicted octanol–water partition coefficient (Wildman–Crippen LogP) is 3.60. The topological polar surface area (TPSA) is 69.0 Å². The number of halogens is 1. The van der Waals surface area contributed by atoms with Gasteiger partial charge in [-0.2, -0.15) is 0 Å². The van der Waals surface area contributed by atoms with Gasteiger partial charge in [-0.05, 0) is 48.9 Å². The number of benzene rings is 2. The first-order valence-corrected chi connectivity index (χ1v) is 9.68. The van der Waals surface area contributed by atoms with Crippen molar-refractivity contribution in [1.82, 2.24) is 20.1 Å². The van der Waals surface area contributed by atoms with Gasteiger partial charge < -0.3 is 14.6 Å². The molecule has 0 spiro atoms. The summed E-state index contributed by atoms with van der Waals surface area (Å²) >= 11 is 1.31. The SMILES string of the molecule is COc1ccc(-c2nnc(SCC(=O)N[C@H](C)c3ccc(F)cc3)n2C)cc1. The minimum Gasteiger partial charge on any atom is -0.497 e. The molecule has 1 aromatic heterocycles. The molecule has 0 radical (unpaired) electrons. The summed E-state index contributed by atoms with van der Waals surface area (Å²) in [7, 11) is 3.48. The third-order valence-electron chi connectivity index (χ3n) is 4.26. The average Bonchev–Trinajstić information content (AvgIpc) is 3.07. The van der Waals surface area contributed by atoms with Crippen molar-refractivity contribution in [2.24, 2.45) is 7.05 Å². The van der Waals surface area contributed by atoms with Crippen molar-refractivity contribution >= 4 is 17.7 Å². The molecule has 1 heterocycles. The number of rotatable bonds is 7. The van der Waals surface area contributed by atoms with Gasteiger partial charge in [0, 0.05) is 12.6 Å². The molecule has 0 aliphatic heterocycles. The monoisotopic (exact) mass is 400 g/mol. The van der Waals surface area contributed by atoms with Crippen LogP contribution >= 0.6 is 11.8 Å². The number of amides is 1. The van der Waals surface area contributed by atoms with Crippen LogP contribution < -0.4 is 10.1 Å². The van der Waals surface area contributed by atoms with E-state index in [9.17, 15) is 9.18 Å². The molecule has 8 heteroatoms. The van der Waals surface area contributed by atoms with Crippen LogP contribution in [0.3, 0.4) is 0 Å². The standard InChI is InChI=1S/C20H21FN4O2S/c1-13(14-4-8-16(21)9-5-14)22-18(26)12-28-20-24-23-19(25(20)2)15-6-10-17(27-3)11-7-15/h4-11,13H,12H2,1-3H3,(H,22,26)/t13-/m1/s1. The summed E-state index contributed by atoms with van der Waals surface area (Å²) in [6, 6.07) is 13.4. The van der Waals surface area contributed by atoms with Gasteiger partial charge in [0.15, 0.2) is 11.0 Å². The van der Waals surface area contributed by atoms with Crippen molar-refractivity contribution in [2.45, 2.75) is 18.1 Å². The first-order valence-electron chi connectivity index (χ1n) is 8.69. The second kappa shape index (κ2) is 8.88. The fraction of sp³-hybridized carbons (Fsp3) is 0.250. The minimum absolute atomic E-state index is 0.129. The fourth-order valence-electron chi connectivity index (χ4n) is 2.68. The Balaban J connectivity index is 1.59. The molecule has 6 nitrogen and oxygen atoms in total. The van der Waals surface area contributed by atoms with E-state index in [2.05, 4.69) is 15.5 Å². The number of carbonyl (C=O) groups is 1. The average molecular weight is 400 g/mol. The summed E-state index contributed by atoms with van der Waals surface area (Å²) in [5.41, 5.74) is 1.76. The third kappa shape index (κ3) is 4.69. The maximum absolute atomic E-state index is 13.0. The second-order valence-electron chi connectivity index (χ2n) is 6.22. The first kappa shape index (κ1) is 19.9. The Labute approximate surface area is 167 Å². The quantitative estimate of drug-likeness (QED) is 0.614. The normalized spacial score (nSPS) is 11.9. The van der Waals surface area contributed by atoms with Gasteiger partial charge in [-0.3, -0.25) is 4.79 Å². The molecule has 0 bridgehead atoms. The number of nitrogens with one attached hydrogen (secondary N) is 1. The van der Waals surface area contributed by atoms with Crippen molar-refractivity contribution in [3.05, 3.63) is 59.9 Å². The molecular weight excluding hydrogens is 379 g/mol. The summed E-state index contributed by atoms with van der Waals surface area (Å²) in [6.07, 6.45) is 0. The Bertz CT molecular complexity index is 942. The summed E-state index contributed by atoms with van der Waals surface area (Å²) in [5, 5.41) is 11.9. The summed E-state index contributed by atoms with van der Waals surface area (Å²) in [5.74, 6) is 1.27. The van der Waals surface area contributed by atoms with E-state index in [-0.39, 0.29) is 23.5 Å². The zero-order valence-corrected chi connectivity index (χ0v) is 16.7. The van der Waals surface area contributed by atoms with Crippen LogP contribution in [0.4, 0.5) is 4.39 Å². The molecule has 0 fully saturated rings. The van der Waals surface area contributed by atoms with Gasteiger partial charge >= 0.3 is 0 Å². The highest BCUT2D eigenvalue weighted by Crippen LogP contribution is 2.24. The zero-order chi connectivity index (χ0) is 20.1. The van der Waals surface area contributed by atoms with Crippen molar-refractivity contribution in [1.29, 1.82) is 0 Å². The molecular formula is C20H21FN4O2S. The molecule has 0 unspecified atom stereocenters. The molecule has 2 aromatic carbocycles. The molecule has 0 aliphatic rings. The van der Waals surface area contributed by atoms with E-state index < -0.39 is 0 Å². The zero-order valence-electron chi connectivity index (χ0n) is 15.8. The molecule has 1 atom stereocenters. The Morgan fingerprint density at radius 1 is 1.18 bits per heavy atom. The number of thioether (sulfide) groups is 1. The third-order valence-corrected chi connectivity index (χ3v) is 5.28. The molecule has 0 saturated carbocycles. The van der Waals surface area contributed by atoms with Gasteiger partial charge in [-0.1, -0.05) is 23.9 Å². The Hall–Kier alpha value is -2.87. The van der Waals surface area contributed by atoms with E-state index in [1.54, 1.807) is 19.2 Å². The molecule has 28 heavy (non-hydrogen) atoms. The van der Waals surface area contributed by atoms with E-state index in [4.69, 9.17) is 4.74 Å². The lowest BCUT2D eigenvalue weighted by atomic mass is 10.1. The maximum atomic E-state index is 13.0.